The van der Waals surface area contributed by atoms with Gasteiger partial charge in [0.1, 0.15) is 0 Å². The Morgan fingerprint density at radius 1 is 1.18 bits per heavy atom. The van der Waals surface area contributed by atoms with Crippen LogP contribution in [0.25, 0.3) is 0 Å². The minimum absolute atomic E-state index is 0.232. The highest BCUT2D eigenvalue weighted by Crippen LogP contribution is 2.37. The second kappa shape index (κ2) is 5.68. The fourth-order valence-corrected chi connectivity index (χ4v) is 2.90. The summed E-state index contributed by atoms with van der Waals surface area (Å²) in [4.78, 5) is 2.49. The predicted molar refractivity (Wildman–Crippen MR) is 73.4 cm³/mol. The number of hydrogen-bond donors (Lipinski definition) is 1. The average Bonchev–Trinajstić information content (AvgIpc) is 2.20. The molecular weight excluding hydrogens is 212 g/mol. The Balaban J connectivity index is 2.48. The van der Waals surface area contributed by atoms with Crippen molar-refractivity contribution >= 4 is 0 Å². The van der Waals surface area contributed by atoms with Gasteiger partial charge in [-0.05, 0) is 67.6 Å². The summed E-state index contributed by atoms with van der Waals surface area (Å²) in [6.07, 6.45) is 3.77. The normalized spacial score (nSPS) is 25.1. The molecule has 0 unspecified atom stereocenters. The molecule has 1 rings (SSSR count). The number of rotatable bonds is 5. The van der Waals surface area contributed by atoms with Crippen molar-refractivity contribution in [2.75, 3.05) is 27.2 Å². The fraction of sp³-hybridized carbons (Fsp3) is 1.00. The third kappa shape index (κ3) is 3.94. The molecular formula is C14H30N2O. The summed E-state index contributed by atoms with van der Waals surface area (Å²) in [5.74, 6) is 0. The number of nitrogens with one attached hydrogen (secondary N) is 1. The maximum Gasteiger partial charge on any atom is 0.0610 e. The first-order valence-electron chi connectivity index (χ1n) is 6.80. The summed E-state index contributed by atoms with van der Waals surface area (Å²) in [5, 5.41) is 3.16. The third-order valence-electron chi connectivity index (χ3n) is 4.20. The lowest BCUT2D eigenvalue weighted by atomic mass is 9.79. The maximum absolute atomic E-state index is 6.04. The zero-order valence-corrected chi connectivity index (χ0v) is 12.5. The van der Waals surface area contributed by atoms with Crippen LogP contribution in [-0.4, -0.2) is 49.3 Å². The van der Waals surface area contributed by atoms with Gasteiger partial charge in [-0.15, -0.1) is 0 Å². The van der Waals surface area contributed by atoms with E-state index in [1.165, 1.54) is 0 Å². The molecule has 0 aromatic rings. The molecule has 1 saturated heterocycles. The van der Waals surface area contributed by atoms with Crippen LogP contribution in [-0.2, 0) is 4.74 Å². The fourth-order valence-electron chi connectivity index (χ4n) is 2.90. The quantitative estimate of drug-likeness (QED) is 0.749. The molecule has 3 heteroatoms. The number of likely N-dealkylation sites (tertiary alicyclic amines) is 1. The van der Waals surface area contributed by atoms with E-state index in [0.717, 1.165) is 32.4 Å². The van der Waals surface area contributed by atoms with E-state index in [1.54, 1.807) is 0 Å². The molecule has 1 aliphatic heterocycles. The van der Waals surface area contributed by atoms with Crippen molar-refractivity contribution in [1.82, 2.24) is 10.2 Å². The summed E-state index contributed by atoms with van der Waals surface area (Å²) in [6.45, 7) is 11.2. The zero-order chi connectivity index (χ0) is 13.1. The molecule has 0 radical (unpaired) electrons. The van der Waals surface area contributed by atoms with E-state index in [1.807, 2.05) is 7.05 Å². The van der Waals surface area contributed by atoms with Crippen molar-refractivity contribution in [3.8, 4) is 0 Å². The summed E-state index contributed by atoms with van der Waals surface area (Å²) >= 11 is 0. The minimum atomic E-state index is 0.232. The van der Waals surface area contributed by atoms with Crippen LogP contribution in [0.2, 0.25) is 0 Å². The average molecular weight is 242 g/mol. The lowest BCUT2D eigenvalue weighted by molar-refractivity contribution is -0.0915. The van der Waals surface area contributed by atoms with Crippen molar-refractivity contribution in [2.24, 2.45) is 0 Å². The second-order valence-electron chi connectivity index (χ2n) is 6.54. The largest absolute Gasteiger partial charge is 0.378 e. The Bertz CT molecular complexity index is 220. The van der Waals surface area contributed by atoms with Crippen LogP contribution in [0.4, 0.5) is 0 Å². The van der Waals surface area contributed by atoms with Crippen LogP contribution < -0.4 is 5.32 Å². The molecule has 0 aliphatic carbocycles. The first kappa shape index (κ1) is 14.9. The van der Waals surface area contributed by atoms with Gasteiger partial charge >= 0.3 is 0 Å². The molecule has 17 heavy (non-hydrogen) atoms. The summed E-state index contributed by atoms with van der Waals surface area (Å²) in [7, 11) is 4.22. The van der Waals surface area contributed by atoms with E-state index in [0.29, 0.717) is 6.10 Å². The van der Waals surface area contributed by atoms with Gasteiger partial charge in [-0.1, -0.05) is 0 Å². The molecule has 0 aromatic heterocycles. The van der Waals surface area contributed by atoms with Crippen LogP contribution in [0, 0.1) is 0 Å². The van der Waals surface area contributed by atoms with Gasteiger partial charge in [-0.2, -0.15) is 0 Å². The Kier molecular flexibility index (Phi) is 4.99. The van der Waals surface area contributed by atoms with E-state index >= 15 is 0 Å². The first-order chi connectivity index (χ1) is 7.79. The van der Waals surface area contributed by atoms with Gasteiger partial charge in [0, 0.05) is 17.7 Å². The molecule has 0 saturated carbocycles. The topological polar surface area (TPSA) is 24.5 Å². The zero-order valence-electron chi connectivity index (χ0n) is 12.5. The van der Waals surface area contributed by atoms with Crippen LogP contribution in [0.3, 0.4) is 0 Å². The SMILES string of the molecule is CNCCCOC1CC(C)(C)N(C)C(C)(C)C1. The smallest absolute Gasteiger partial charge is 0.0610 e. The molecule has 0 amide bonds. The minimum Gasteiger partial charge on any atom is -0.378 e. The van der Waals surface area contributed by atoms with Crippen molar-refractivity contribution < 1.29 is 4.74 Å². The molecule has 0 atom stereocenters. The molecule has 102 valence electrons. The second-order valence-corrected chi connectivity index (χ2v) is 6.54. The molecule has 0 spiro atoms. The molecule has 1 N–H and O–H groups in total. The number of hydrogen-bond acceptors (Lipinski definition) is 3. The van der Waals surface area contributed by atoms with Crippen molar-refractivity contribution in [3.05, 3.63) is 0 Å². The van der Waals surface area contributed by atoms with Crippen LogP contribution in [0.1, 0.15) is 47.0 Å². The Hall–Kier alpha value is -0.120. The van der Waals surface area contributed by atoms with Crippen molar-refractivity contribution in [1.29, 1.82) is 0 Å². The van der Waals surface area contributed by atoms with E-state index < -0.39 is 0 Å². The summed E-state index contributed by atoms with van der Waals surface area (Å²) in [5.41, 5.74) is 0.463. The number of nitrogens with zero attached hydrogens (tertiary/aromatic N) is 1. The van der Waals surface area contributed by atoms with Crippen molar-refractivity contribution in [3.63, 3.8) is 0 Å². The van der Waals surface area contributed by atoms with Gasteiger partial charge in [0.15, 0.2) is 0 Å². The van der Waals surface area contributed by atoms with E-state index in [-0.39, 0.29) is 11.1 Å². The maximum atomic E-state index is 6.04. The van der Waals surface area contributed by atoms with E-state index in [2.05, 4.69) is 45.0 Å². The Labute approximate surface area is 107 Å². The molecule has 1 aliphatic rings. The van der Waals surface area contributed by atoms with Gasteiger partial charge in [0.2, 0.25) is 0 Å². The highest BCUT2D eigenvalue weighted by Gasteiger charge is 2.43. The molecule has 3 nitrogen and oxygen atoms in total. The van der Waals surface area contributed by atoms with Crippen LogP contribution in [0.5, 0.6) is 0 Å². The third-order valence-corrected chi connectivity index (χ3v) is 4.20. The van der Waals surface area contributed by atoms with Gasteiger partial charge in [-0.25, -0.2) is 0 Å². The number of ether oxygens (including phenoxy) is 1. The van der Waals surface area contributed by atoms with E-state index in [4.69, 9.17) is 4.74 Å². The van der Waals surface area contributed by atoms with Gasteiger partial charge in [0.25, 0.3) is 0 Å². The highest BCUT2D eigenvalue weighted by atomic mass is 16.5. The monoisotopic (exact) mass is 242 g/mol. The molecule has 0 aromatic carbocycles. The first-order valence-corrected chi connectivity index (χ1v) is 6.80. The Morgan fingerprint density at radius 3 is 2.18 bits per heavy atom. The van der Waals surface area contributed by atoms with E-state index in [9.17, 15) is 0 Å². The summed E-state index contributed by atoms with van der Waals surface area (Å²) < 4.78 is 6.04. The number of piperidine rings is 1. The van der Waals surface area contributed by atoms with Gasteiger partial charge in [0.05, 0.1) is 6.10 Å². The Morgan fingerprint density at radius 2 is 1.71 bits per heavy atom. The standard InChI is InChI=1S/C14H30N2O/c1-13(2)10-12(17-9-7-8-15-5)11-14(3,4)16(13)6/h12,15H,7-11H2,1-6H3. The van der Waals surface area contributed by atoms with Crippen molar-refractivity contribution in [2.45, 2.75) is 64.1 Å². The van der Waals surface area contributed by atoms with Gasteiger partial charge < -0.3 is 10.1 Å². The lowest BCUT2D eigenvalue weighted by Gasteiger charge is -2.53. The van der Waals surface area contributed by atoms with Crippen LogP contribution in [0.15, 0.2) is 0 Å². The highest BCUT2D eigenvalue weighted by molar-refractivity contribution is 4.98. The van der Waals surface area contributed by atoms with Gasteiger partial charge in [-0.3, -0.25) is 4.90 Å². The molecule has 1 heterocycles. The van der Waals surface area contributed by atoms with Crippen LogP contribution >= 0.6 is 0 Å². The molecule has 1 fully saturated rings. The molecule has 0 bridgehead atoms. The lowest BCUT2D eigenvalue weighted by Crippen LogP contribution is -2.60. The predicted octanol–water partition coefficient (Wildman–Crippen LogP) is 2.26. The summed E-state index contributed by atoms with van der Waals surface area (Å²) in [6, 6.07) is 0.